The van der Waals surface area contributed by atoms with Gasteiger partial charge in [-0.3, -0.25) is 0 Å². The van der Waals surface area contributed by atoms with Crippen molar-refractivity contribution in [3.05, 3.63) is 65.9 Å². The summed E-state index contributed by atoms with van der Waals surface area (Å²) in [5, 5.41) is 13.4. The summed E-state index contributed by atoms with van der Waals surface area (Å²) in [5.74, 6) is 0. The maximum absolute atomic E-state index is 8.76. The summed E-state index contributed by atoms with van der Waals surface area (Å²) in [6.45, 7) is 0.869. The Morgan fingerprint density at radius 1 is 1.05 bits per heavy atom. The number of hydrogen-bond donors (Lipinski definition) is 2. The van der Waals surface area contributed by atoms with Crippen molar-refractivity contribution in [3.8, 4) is 6.07 Å². The van der Waals surface area contributed by atoms with E-state index in [-0.39, 0.29) is 0 Å². The first kappa shape index (κ1) is 12.3. The van der Waals surface area contributed by atoms with Crippen molar-refractivity contribution in [2.75, 3.05) is 11.9 Å². The molecule has 98 valence electrons. The van der Waals surface area contributed by atoms with Crippen LogP contribution in [-0.2, 0) is 6.42 Å². The normalized spacial score (nSPS) is 10.3. The van der Waals surface area contributed by atoms with Gasteiger partial charge in [-0.05, 0) is 42.3 Å². The molecule has 1 aromatic heterocycles. The number of aromatic nitrogens is 1. The summed E-state index contributed by atoms with van der Waals surface area (Å²) in [7, 11) is 0. The standard InChI is InChI=1S/C17H15N3/c18-11-13-5-7-15(8-6-13)19-10-9-14-12-20-17-4-2-1-3-16(14)17/h1-8,12,19-20H,9-10H2. The summed E-state index contributed by atoms with van der Waals surface area (Å²) in [6, 6.07) is 18.0. The summed E-state index contributed by atoms with van der Waals surface area (Å²) in [4.78, 5) is 3.29. The number of fused-ring (bicyclic) bond motifs is 1. The minimum Gasteiger partial charge on any atom is -0.385 e. The highest BCUT2D eigenvalue weighted by molar-refractivity contribution is 5.83. The summed E-state index contributed by atoms with van der Waals surface area (Å²) in [6.07, 6.45) is 3.04. The van der Waals surface area contributed by atoms with Crippen molar-refractivity contribution in [1.29, 1.82) is 5.26 Å². The molecule has 0 unspecified atom stereocenters. The van der Waals surface area contributed by atoms with Crippen LogP contribution >= 0.6 is 0 Å². The molecule has 3 heteroatoms. The van der Waals surface area contributed by atoms with Gasteiger partial charge in [0.2, 0.25) is 0 Å². The van der Waals surface area contributed by atoms with E-state index < -0.39 is 0 Å². The number of para-hydroxylation sites is 1. The smallest absolute Gasteiger partial charge is 0.0991 e. The van der Waals surface area contributed by atoms with Crippen LogP contribution in [0, 0.1) is 11.3 Å². The number of nitriles is 1. The van der Waals surface area contributed by atoms with Gasteiger partial charge in [-0.2, -0.15) is 5.26 Å². The summed E-state index contributed by atoms with van der Waals surface area (Å²) >= 11 is 0. The fourth-order valence-electron chi connectivity index (χ4n) is 2.34. The SMILES string of the molecule is N#Cc1ccc(NCCc2c[nH]c3ccccc23)cc1. The molecule has 0 saturated carbocycles. The second-order valence-corrected chi connectivity index (χ2v) is 4.73. The van der Waals surface area contributed by atoms with Crippen molar-refractivity contribution in [3.63, 3.8) is 0 Å². The van der Waals surface area contributed by atoms with E-state index in [1.165, 1.54) is 16.5 Å². The second kappa shape index (κ2) is 5.50. The van der Waals surface area contributed by atoms with Gasteiger partial charge in [-0.15, -0.1) is 0 Å². The average molecular weight is 261 g/mol. The number of nitrogens with one attached hydrogen (secondary N) is 2. The Kier molecular flexibility index (Phi) is 3.38. The lowest BCUT2D eigenvalue weighted by Crippen LogP contribution is -2.04. The van der Waals surface area contributed by atoms with Gasteiger partial charge >= 0.3 is 0 Å². The zero-order chi connectivity index (χ0) is 13.8. The highest BCUT2D eigenvalue weighted by Crippen LogP contribution is 2.18. The zero-order valence-corrected chi connectivity index (χ0v) is 11.1. The molecule has 0 radical (unpaired) electrons. The van der Waals surface area contributed by atoms with Crippen molar-refractivity contribution in [2.24, 2.45) is 0 Å². The summed E-state index contributed by atoms with van der Waals surface area (Å²) < 4.78 is 0. The largest absolute Gasteiger partial charge is 0.385 e. The predicted octanol–water partition coefficient (Wildman–Crippen LogP) is 3.69. The number of hydrogen-bond acceptors (Lipinski definition) is 2. The topological polar surface area (TPSA) is 51.6 Å². The van der Waals surface area contributed by atoms with Crippen LogP contribution in [0.4, 0.5) is 5.69 Å². The van der Waals surface area contributed by atoms with Gasteiger partial charge in [-0.1, -0.05) is 18.2 Å². The second-order valence-electron chi connectivity index (χ2n) is 4.73. The third kappa shape index (κ3) is 2.50. The van der Waals surface area contributed by atoms with Gasteiger partial charge in [0.1, 0.15) is 0 Å². The van der Waals surface area contributed by atoms with Gasteiger partial charge in [0.15, 0.2) is 0 Å². The molecule has 0 saturated heterocycles. The monoisotopic (exact) mass is 261 g/mol. The Balaban J connectivity index is 1.63. The van der Waals surface area contributed by atoms with Crippen molar-refractivity contribution < 1.29 is 0 Å². The number of benzene rings is 2. The Bertz CT molecular complexity index is 748. The molecule has 0 atom stereocenters. The first-order valence-corrected chi connectivity index (χ1v) is 6.66. The van der Waals surface area contributed by atoms with Crippen LogP contribution in [0.5, 0.6) is 0 Å². The molecule has 0 aliphatic heterocycles. The minimum atomic E-state index is 0.687. The van der Waals surface area contributed by atoms with Crippen LogP contribution in [-0.4, -0.2) is 11.5 Å². The van der Waals surface area contributed by atoms with E-state index in [9.17, 15) is 0 Å². The molecule has 1 heterocycles. The van der Waals surface area contributed by atoms with Gasteiger partial charge in [0.05, 0.1) is 11.6 Å². The van der Waals surface area contributed by atoms with Crippen molar-refractivity contribution in [1.82, 2.24) is 4.98 Å². The van der Waals surface area contributed by atoms with E-state index in [2.05, 4.69) is 40.8 Å². The lowest BCUT2D eigenvalue weighted by atomic mass is 10.1. The zero-order valence-electron chi connectivity index (χ0n) is 11.1. The minimum absolute atomic E-state index is 0.687. The van der Waals surface area contributed by atoms with Crippen molar-refractivity contribution >= 4 is 16.6 Å². The Morgan fingerprint density at radius 3 is 2.65 bits per heavy atom. The number of aromatic amines is 1. The highest BCUT2D eigenvalue weighted by atomic mass is 14.9. The molecule has 0 bridgehead atoms. The van der Waals surface area contributed by atoms with E-state index in [0.717, 1.165) is 18.7 Å². The first-order valence-electron chi connectivity index (χ1n) is 6.66. The van der Waals surface area contributed by atoms with Crippen LogP contribution in [0.3, 0.4) is 0 Å². The lowest BCUT2D eigenvalue weighted by molar-refractivity contribution is 1.03. The molecular formula is C17H15N3. The molecule has 0 aliphatic carbocycles. The van der Waals surface area contributed by atoms with E-state index >= 15 is 0 Å². The Morgan fingerprint density at radius 2 is 1.85 bits per heavy atom. The summed E-state index contributed by atoms with van der Waals surface area (Å²) in [5.41, 5.74) is 4.23. The van der Waals surface area contributed by atoms with Crippen molar-refractivity contribution in [2.45, 2.75) is 6.42 Å². The van der Waals surface area contributed by atoms with Crippen LogP contribution < -0.4 is 5.32 Å². The molecule has 0 aliphatic rings. The van der Waals surface area contributed by atoms with Crippen LogP contribution in [0.2, 0.25) is 0 Å². The van der Waals surface area contributed by atoms with Gasteiger partial charge < -0.3 is 10.3 Å². The fourth-order valence-corrected chi connectivity index (χ4v) is 2.34. The fraction of sp³-hybridized carbons (Fsp3) is 0.118. The number of anilines is 1. The Labute approximate surface area is 117 Å². The number of nitrogens with zero attached hydrogens (tertiary/aromatic N) is 1. The number of H-pyrrole nitrogens is 1. The highest BCUT2D eigenvalue weighted by Gasteiger charge is 2.02. The predicted molar refractivity (Wildman–Crippen MR) is 81.6 cm³/mol. The third-order valence-corrected chi connectivity index (χ3v) is 3.41. The molecular weight excluding hydrogens is 246 g/mol. The van der Waals surface area contributed by atoms with Crippen LogP contribution in [0.25, 0.3) is 10.9 Å². The van der Waals surface area contributed by atoms with E-state index in [0.29, 0.717) is 5.56 Å². The quantitative estimate of drug-likeness (QED) is 0.752. The third-order valence-electron chi connectivity index (χ3n) is 3.41. The van der Waals surface area contributed by atoms with E-state index in [1.807, 2.05) is 30.3 Å². The first-order chi connectivity index (χ1) is 9.86. The molecule has 3 aromatic rings. The maximum atomic E-state index is 8.76. The molecule has 0 fully saturated rings. The number of rotatable bonds is 4. The van der Waals surface area contributed by atoms with E-state index in [4.69, 9.17) is 5.26 Å². The molecule has 3 rings (SSSR count). The van der Waals surface area contributed by atoms with Crippen LogP contribution in [0.1, 0.15) is 11.1 Å². The van der Waals surface area contributed by atoms with Gasteiger partial charge in [0.25, 0.3) is 0 Å². The molecule has 0 spiro atoms. The van der Waals surface area contributed by atoms with E-state index in [1.54, 1.807) is 0 Å². The molecule has 3 nitrogen and oxygen atoms in total. The van der Waals surface area contributed by atoms with Crippen LogP contribution in [0.15, 0.2) is 54.7 Å². The average Bonchev–Trinajstić information content (AvgIpc) is 2.92. The Hall–Kier alpha value is -2.73. The molecule has 0 amide bonds. The maximum Gasteiger partial charge on any atom is 0.0991 e. The lowest BCUT2D eigenvalue weighted by Gasteiger charge is -2.05. The van der Waals surface area contributed by atoms with Gasteiger partial charge in [-0.25, -0.2) is 0 Å². The molecule has 20 heavy (non-hydrogen) atoms. The van der Waals surface area contributed by atoms with Gasteiger partial charge in [0, 0.05) is 29.3 Å². The molecule has 2 N–H and O–H groups in total. The molecule has 2 aromatic carbocycles.